The molecule has 1 fully saturated rings. The van der Waals surface area contributed by atoms with E-state index < -0.39 is 0 Å². The highest BCUT2D eigenvalue weighted by Gasteiger charge is 2.34. The van der Waals surface area contributed by atoms with Gasteiger partial charge in [-0.05, 0) is 31.2 Å². The Balaban J connectivity index is 1.96. The van der Waals surface area contributed by atoms with Crippen LogP contribution in [0.15, 0.2) is 28.7 Å². The molecule has 0 bridgehead atoms. The maximum absolute atomic E-state index is 11.9. The third-order valence-electron chi connectivity index (χ3n) is 2.54. The van der Waals surface area contributed by atoms with Crippen molar-refractivity contribution in [3.8, 4) is 0 Å². The predicted molar refractivity (Wildman–Crippen MR) is 84.1 cm³/mol. The van der Waals surface area contributed by atoms with E-state index >= 15 is 0 Å². The molecule has 1 N–H and O–H groups in total. The standard InChI is InChI=1S/C12H11BrN2O2S2/c1-7-11(17)15(12(18)19-7)6-10(16)14-9-4-2-8(13)3-5-9/h2-5,7H,6H2,1H3,(H,14,16). The fraction of sp³-hybridized carbons (Fsp3) is 0.250. The van der Waals surface area contributed by atoms with Gasteiger partial charge >= 0.3 is 0 Å². The van der Waals surface area contributed by atoms with Gasteiger partial charge in [-0.2, -0.15) is 0 Å². The SMILES string of the molecule is CC1SC(=S)N(CC(=O)Nc2ccc(Br)cc2)C1=O. The number of carbonyl (C=O) groups is 2. The fourth-order valence-corrected chi connectivity index (χ4v) is 3.26. The van der Waals surface area contributed by atoms with Gasteiger partial charge in [-0.25, -0.2) is 0 Å². The van der Waals surface area contributed by atoms with E-state index in [0.29, 0.717) is 10.0 Å². The molecular formula is C12H11BrN2O2S2. The Bertz CT molecular complexity index is 533. The molecule has 0 aromatic heterocycles. The summed E-state index contributed by atoms with van der Waals surface area (Å²) in [5, 5.41) is 2.53. The number of nitrogens with zero attached hydrogens (tertiary/aromatic N) is 1. The third kappa shape index (κ3) is 3.55. The number of amides is 2. The van der Waals surface area contributed by atoms with E-state index in [2.05, 4.69) is 21.2 Å². The van der Waals surface area contributed by atoms with Crippen molar-refractivity contribution in [1.29, 1.82) is 0 Å². The lowest BCUT2D eigenvalue weighted by atomic mass is 10.3. The average Bonchev–Trinajstić information content (AvgIpc) is 2.59. The summed E-state index contributed by atoms with van der Waals surface area (Å²) >= 11 is 9.70. The van der Waals surface area contributed by atoms with Crippen molar-refractivity contribution in [2.45, 2.75) is 12.2 Å². The quantitative estimate of drug-likeness (QED) is 0.843. The largest absolute Gasteiger partial charge is 0.325 e. The molecule has 1 atom stereocenters. The second-order valence-electron chi connectivity index (χ2n) is 4.01. The van der Waals surface area contributed by atoms with E-state index in [9.17, 15) is 9.59 Å². The van der Waals surface area contributed by atoms with Crippen LogP contribution < -0.4 is 5.32 Å². The van der Waals surface area contributed by atoms with Gasteiger partial charge in [-0.1, -0.05) is 39.9 Å². The van der Waals surface area contributed by atoms with Crippen molar-refractivity contribution in [2.24, 2.45) is 0 Å². The van der Waals surface area contributed by atoms with Crippen LogP contribution in [0.2, 0.25) is 0 Å². The van der Waals surface area contributed by atoms with E-state index in [1.165, 1.54) is 16.7 Å². The van der Waals surface area contributed by atoms with Crippen molar-refractivity contribution in [1.82, 2.24) is 4.90 Å². The maximum Gasteiger partial charge on any atom is 0.244 e. The summed E-state index contributed by atoms with van der Waals surface area (Å²) in [6.45, 7) is 1.75. The molecule has 1 aliphatic rings. The zero-order valence-electron chi connectivity index (χ0n) is 10.1. The van der Waals surface area contributed by atoms with Crippen LogP contribution in [0.4, 0.5) is 5.69 Å². The number of hydrogen-bond donors (Lipinski definition) is 1. The number of carbonyl (C=O) groups excluding carboxylic acids is 2. The van der Waals surface area contributed by atoms with Crippen LogP contribution in [-0.4, -0.2) is 32.8 Å². The number of nitrogens with one attached hydrogen (secondary N) is 1. The highest BCUT2D eigenvalue weighted by Crippen LogP contribution is 2.26. The van der Waals surface area contributed by atoms with Crippen LogP contribution in [0.1, 0.15) is 6.92 Å². The molecule has 19 heavy (non-hydrogen) atoms. The second kappa shape index (κ2) is 6.02. The Kier molecular flexibility index (Phi) is 4.59. The monoisotopic (exact) mass is 358 g/mol. The van der Waals surface area contributed by atoms with Crippen LogP contribution in [0.3, 0.4) is 0 Å². The Morgan fingerprint density at radius 3 is 2.63 bits per heavy atom. The number of thioether (sulfide) groups is 1. The lowest BCUT2D eigenvalue weighted by molar-refractivity contribution is -0.129. The van der Waals surface area contributed by atoms with E-state index in [1.54, 1.807) is 19.1 Å². The first-order valence-corrected chi connectivity index (χ1v) is 7.63. The molecule has 1 saturated heterocycles. The van der Waals surface area contributed by atoms with Crippen LogP contribution in [0.5, 0.6) is 0 Å². The molecule has 2 rings (SSSR count). The Morgan fingerprint density at radius 2 is 2.11 bits per heavy atom. The molecule has 100 valence electrons. The number of benzene rings is 1. The molecule has 1 heterocycles. The summed E-state index contributed by atoms with van der Waals surface area (Å²) in [6, 6.07) is 7.23. The summed E-state index contributed by atoms with van der Waals surface area (Å²) in [7, 11) is 0. The molecule has 1 aliphatic heterocycles. The van der Waals surface area contributed by atoms with Crippen LogP contribution in [-0.2, 0) is 9.59 Å². The number of rotatable bonds is 3. The van der Waals surface area contributed by atoms with Crippen molar-refractivity contribution in [3.63, 3.8) is 0 Å². The molecule has 0 saturated carbocycles. The first kappa shape index (κ1) is 14.5. The zero-order valence-corrected chi connectivity index (χ0v) is 13.3. The van der Waals surface area contributed by atoms with Gasteiger partial charge in [0.25, 0.3) is 0 Å². The molecule has 1 aromatic rings. The first-order valence-electron chi connectivity index (χ1n) is 5.55. The lowest BCUT2D eigenvalue weighted by Gasteiger charge is -2.14. The molecule has 7 heteroatoms. The fourth-order valence-electron chi connectivity index (χ4n) is 1.59. The Labute approximate surface area is 129 Å². The van der Waals surface area contributed by atoms with Crippen molar-refractivity contribution < 1.29 is 9.59 Å². The molecule has 0 aliphatic carbocycles. The van der Waals surface area contributed by atoms with E-state index in [1.807, 2.05) is 12.1 Å². The predicted octanol–water partition coefficient (Wildman–Crippen LogP) is 2.64. The molecule has 1 unspecified atom stereocenters. The first-order chi connectivity index (χ1) is 8.97. The smallest absolute Gasteiger partial charge is 0.244 e. The van der Waals surface area contributed by atoms with Gasteiger partial charge in [0.15, 0.2) is 0 Å². The van der Waals surface area contributed by atoms with E-state index in [4.69, 9.17) is 12.2 Å². The summed E-state index contributed by atoms with van der Waals surface area (Å²) in [6.07, 6.45) is 0. The minimum Gasteiger partial charge on any atom is -0.325 e. The highest BCUT2D eigenvalue weighted by atomic mass is 79.9. The normalized spacial score (nSPS) is 18.8. The van der Waals surface area contributed by atoms with Gasteiger partial charge in [0, 0.05) is 10.2 Å². The van der Waals surface area contributed by atoms with Gasteiger partial charge in [0.05, 0.1) is 5.25 Å². The van der Waals surface area contributed by atoms with Crippen LogP contribution >= 0.6 is 39.9 Å². The van der Waals surface area contributed by atoms with Crippen molar-refractivity contribution >= 4 is 61.7 Å². The zero-order chi connectivity index (χ0) is 14.0. The molecule has 2 amide bonds. The van der Waals surface area contributed by atoms with Crippen molar-refractivity contribution in [2.75, 3.05) is 11.9 Å². The topological polar surface area (TPSA) is 49.4 Å². The highest BCUT2D eigenvalue weighted by molar-refractivity contribution is 9.10. The molecule has 0 spiro atoms. The molecule has 0 radical (unpaired) electrons. The van der Waals surface area contributed by atoms with E-state index in [-0.39, 0.29) is 23.6 Å². The van der Waals surface area contributed by atoms with Crippen molar-refractivity contribution in [3.05, 3.63) is 28.7 Å². The Hall–Kier alpha value is -0.920. The second-order valence-corrected chi connectivity index (χ2v) is 6.90. The molecule has 1 aromatic carbocycles. The molecular weight excluding hydrogens is 348 g/mol. The third-order valence-corrected chi connectivity index (χ3v) is 4.56. The van der Waals surface area contributed by atoms with Crippen LogP contribution in [0, 0.1) is 0 Å². The van der Waals surface area contributed by atoms with Crippen LogP contribution in [0.25, 0.3) is 0 Å². The Morgan fingerprint density at radius 1 is 1.47 bits per heavy atom. The van der Waals surface area contributed by atoms with Gasteiger partial charge in [0.1, 0.15) is 10.9 Å². The minimum atomic E-state index is -0.257. The summed E-state index contributed by atoms with van der Waals surface area (Å²) < 4.78 is 1.40. The number of halogens is 1. The summed E-state index contributed by atoms with van der Waals surface area (Å²) in [5.74, 6) is -0.367. The lowest BCUT2D eigenvalue weighted by Crippen LogP contribution is -2.37. The van der Waals surface area contributed by atoms with E-state index in [0.717, 1.165) is 4.47 Å². The number of hydrogen-bond acceptors (Lipinski definition) is 4. The van der Waals surface area contributed by atoms with Gasteiger partial charge in [-0.15, -0.1) is 0 Å². The average molecular weight is 359 g/mol. The number of thiocarbonyl (C=S) groups is 1. The minimum absolute atomic E-state index is 0.0366. The maximum atomic E-state index is 11.9. The summed E-state index contributed by atoms with van der Waals surface area (Å²) in [5.41, 5.74) is 0.687. The van der Waals surface area contributed by atoms with Gasteiger partial charge in [0.2, 0.25) is 11.8 Å². The molecule has 4 nitrogen and oxygen atoms in total. The van der Waals surface area contributed by atoms with Gasteiger partial charge < -0.3 is 5.32 Å². The summed E-state index contributed by atoms with van der Waals surface area (Å²) in [4.78, 5) is 25.0. The number of anilines is 1. The van der Waals surface area contributed by atoms with Gasteiger partial charge in [-0.3, -0.25) is 14.5 Å².